The standard InChI is InChI=1S/C33H38N4O4/c1-3-4-5-6-7-11-20-40-28-17-15-27(16-18-28)29-22-30(36-35-29)33(38)37-34-23-26-14-19-31(39-2)32(21-26)41-24-25-12-9-8-10-13-25/h8-10,12-19,21-23H,3-7,11,20,24H2,1-2H3,(H,35,36)(H,37,38)/b34-23+. The second-order valence-corrected chi connectivity index (χ2v) is 9.69. The molecular formula is C33H38N4O4. The molecule has 4 rings (SSSR count). The Hall–Kier alpha value is -4.59. The zero-order valence-corrected chi connectivity index (χ0v) is 23.8. The molecule has 0 fully saturated rings. The van der Waals surface area contributed by atoms with Crippen LogP contribution in [0.15, 0.2) is 84.0 Å². The third-order valence-electron chi connectivity index (χ3n) is 6.54. The lowest BCUT2D eigenvalue weighted by Gasteiger charge is -2.11. The van der Waals surface area contributed by atoms with Gasteiger partial charge in [0.25, 0.3) is 5.91 Å². The number of rotatable bonds is 16. The quantitative estimate of drug-likeness (QED) is 0.0869. The number of amides is 1. The van der Waals surface area contributed by atoms with E-state index in [1.807, 2.05) is 66.7 Å². The summed E-state index contributed by atoms with van der Waals surface area (Å²) in [6, 6.07) is 24.8. The summed E-state index contributed by atoms with van der Waals surface area (Å²) >= 11 is 0. The van der Waals surface area contributed by atoms with Crippen LogP contribution in [-0.2, 0) is 6.61 Å². The van der Waals surface area contributed by atoms with E-state index < -0.39 is 5.91 Å². The molecule has 41 heavy (non-hydrogen) atoms. The number of benzene rings is 3. The Morgan fingerprint density at radius 3 is 2.46 bits per heavy atom. The van der Waals surface area contributed by atoms with Gasteiger partial charge in [0.15, 0.2) is 11.5 Å². The van der Waals surface area contributed by atoms with Crippen LogP contribution < -0.4 is 19.6 Å². The van der Waals surface area contributed by atoms with E-state index in [0.717, 1.165) is 35.5 Å². The lowest BCUT2D eigenvalue weighted by Crippen LogP contribution is -2.18. The zero-order chi connectivity index (χ0) is 28.7. The van der Waals surface area contributed by atoms with Crippen molar-refractivity contribution in [2.24, 2.45) is 5.10 Å². The fraction of sp³-hybridized carbons (Fsp3) is 0.303. The highest BCUT2D eigenvalue weighted by molar-refractivity contribution is 5.94. The Balaban J connectivity index is 1.27. The minimum atomic E-state index is -0.395. The maximum absolute atomic E-state index is 12.6. The SMILES string of the molecule is CCCCCCCCOc1ccc(-c2cc(C(=O)N/N=C/c3ccc(OC)c(OCc4ccccc4)c3)[nH]n2)cc1. The summed E-state index contributed by atoms with van der Waals surface area (Å²) in [4.78, 5) is 12.6. The fourth-order valence-electron chi connectivity index (χ4n) is 4.23. The van der Waals surface area contributed by atoms with Crippen LogP contribution in [0.2, 0.25) is 0 Å². The van der Waals surface area contributed by atoms with Crippen LogP contribution in [0.1, 0.15) is 67.1 Å². The molecule has 2 N–H and O–H groups in total. The summed E-state index contributed by atoms with van der Waals surface area (Å²) in [7, 11) is 1.59. The van der Waals surface area contributed by atoms with Crippen LogP contribution in [0.5, 0.6) is 17.2 Å². The van der Waals surface area contributed by atoms with Crippen LogP contribution in [-0.4, -0.2) is 36.0 Å². The molecule has 8 nitrogen and oxygen atoms in total. The number of hydrogen-bond acceptors (Lipinski definition) is 6. The Bertz CT molecular complexity index is 1380. The van der Waals surface area contributed by atoms with E-state index in [0.29, 0.717) is 29.5 Å². The van der Waals surface area contributed by atoms with Crippen molar-refractivity contribution in [2.45, 2.75) is 52.1 Å². The lowest BCUT2D eigenvalue weighted by molar-refractivity contribution is 0.0950. The number of nitrogens with one attached hydrogen (secondary N) is 2. The molecule has 0 aliphatic carbocycles. The zero-order valence-electron chi connectivity index (χ0n) is 23.8. The van der Waals surface area contributed by atoms with E-state index in [4.69, 9.17) is 14.2 Å². The molecule has 1 amide bonds. The van der Waals surface area contributed by atoms with Gasteiger partial charge in [-0.05, 0) is 66.1 Å². The second-order valence-electron chi connectivity index (χ2n) is 9.69. The normalized spacial score (nSPS) is 11.0. The van der Waals surface area contributed by atoms with Gasteiger partial charge in [0.05, 0.1) is 25.6 Å². The highest BCUT2D eigenvalue weighted by Crippen LogP contribution is 2.28. The summed E-state index contributed by atoms with van der Waals surface area (Å²) in [6.07, 6.45) is 8.95. The van der Waals surface area contributed by atoms with E-state index in [1.165, 1.54) is 32.1 Å². The predicted octanol–water partition coefficient (Wildman–Crippen LogP) is 7.17. The van der Waals surface area contributed by atoms with Crippen molar-refractivity contribution in [3.63, 3.8) is 0 Å². The molecule has 214 valence electrons. The molecule has 1 heterocycles. The Morgan fingerprint density at radius 2 is 1.68 bits per heavy atom. The van der Waals surface area contributed by atoms with Gasteiger partial charge in [-0.25, -0.2) is 5.43 Å². The molecular weight excluding hydrogens is 516 g/mol. The largest absolute Gasteiger partial charge is 0.494 e. The third kappa shape index (κ3) is 9.24. The fourth-order valence-corrected chi connectivity index (χ4v) is 4.23. The first-order valence-corrected chi connectivity index (χ1v) is 14.1. The number of ether oxygens (including phenoxy) is 3. The first-order chi connectivity index (χ1) is 20.2. The average molecular weight is 555 g/mol. The van der Waals surface area contributed by atoms with Gasteiger partial charge in [-0.2, -0.15) is 10.2 Å². The first kappa shape index (κ1) is 29.4. The smallest absolute Gasteiger partial charge is 0.289 e. The maximum atomic E-state index is 12.6. The van der Waals surface area contributed by atoms with Gasteiger partial charge in [-0.3, -0.25) is 9.89 Å². The third-order valence-corrected chi connectivity index (χ3v) is 6.54. The summed E-state index contributed by atoms with van der Waals surface area (Å²) in [5.41, 5.74) is 6.19. The summed E-state index contributed by atoms with van der Waals surface area (Å²) < 4.78 is 17.2. The predicted molar refractivity (Wildman–Crippen MR) is 162 cm³/mol. The minimum Gasteiger partial charge on any atom is -0.494 e. The van der Waals surface area contributed by atoms with Crippen molar-refractivity contribution in [1.82, 2.24) is 15.6 Å². The number of aromatic nitrogens is 2. The Labute approximate surface area is 241 Å². The molecule has 0 unspecified atom stereocenters. The topological polar surface area (TPSA) is 97.8 Å². The molecule has 0 bridgehead atoms. The Morgan fingerprint density at radius 1 is 0.902 bits per heavy atom. The average Bonchev–Trinajstić information content (AvgIpc) is 3.51. The van der Waals surface area contributed by atoms with Crippen LogP contribution in [0.3, 0.4) is 0 Å². The number of carbonyl (C=O) groups is 1. The number of aromatic amines is 1. The molecule has 0 saturated carbocycles. The number of hydrazone groups is 1. The molecule has 3 aromatic carbocycles. The summed E-state index contributed by atoms with van der Waals surface area (Å²) in [5.74, 6) is 1.64. The van der Waals surface area contributed by atoms with Gasteiger partial charge in [-0.1, -0.05) is 69.4 Å². The molecule has 0 atom stereocenters. The van der Waals surface area contributed by atoms with Crippen molar-refractivity contribution in [3.8, 4) is 28.5 Å². The number of unbranched alkanes of at least 4 members (excludes halogenated alkanes) is 5. The molecule has 1 aromatic heterocycles. The van der Waals surface area contributed by atoms with Crippen LogP contribution >= 0.6 is 0 Å². The van der Waals surface area contributed by atoms with Gasteiger partial charge in [0.1, 0.15) is 18.1 Å². The second kappa shape index (κ2) is 15.9. The summed E-state index contributed by atoms with van der Waals surface area (Å²) in [5, 5.41) is 11.2. The highest BCUT2D eigenvalue weighted by atomic mass is 16.5. The van der Waals surface area contributed by atoms with Crippen LogP contribution in [0.25, 0.3) is 11.3 Å². The number of hydrogen-bond donors (Lipinski definition) is 2. The van der Waals surface area contributed by atoms with E-state index in [-0.39, 0.29) is 0 Å². The van der Waals surface area contributed by atoms with Crippen molar-refractivity contribution >= 4 is 12.1 Å². The van der Waals surface area contributed by atoms with E-state index >= 15 is 0 Å². The van der Waals surface area contributed by atoms with Crippen molar-refractivity contribution in [3.05, 3.63) is 95.7 Å². The van der Waals surface area contributed by atoms with Gasteiger partial charge >= 0.3 is 0 Å². The van der Waals surface area contributed by atoms with Gasteiger partial charge in [-0.15, -0.1) is 0 Å². The lowest BCUT2D eigenvalue weighted by atomic mass is 10.1. The maximum Gasteiger partial charge on any atom is 0.289 e. The van der Waals surface area contributed by atoms with Crippen molar-refractivity contribution < 1.29 is 19.0 Å². The van der Waals surface area contributed by atoms with E-state index in [2.05, 4.69) is 27.6 Å². The molecule has 0 radical (unpaired) electrons. The number of H-pyrrole nitrogens is 1. The number of nitrogens with zero attached hydrogens (tertiary/aromatic N) is 2. The molecule has 4 aromatic rings. The van der Waals surface area contributed by atoms with Crippen LogP contribution in [0, 0.1) is 0 Å². The molecule has 0 aliphatic rings. The minimum absolute atomic E-state index is 0.308. The van der Waals surface area contributed by atoms with E-state index in [1.54, 1.807) is 25.5 Å². The van der Waals surface area contributed by atoms with Gasteiger partial charge in [0, 0.05) is 5.56 Å². The summed E-state index contributed by atoms with van der Waals surface area (Å²) in [6.45, 7) is 3.35. The molecule has 0 saturated heterocycles. The Kier molecular flexibility index (Phi) is 11.4. The number of methoxy groups -OCH3 is 1. The van der Waals surface area contributed by atoms with Crippen molar-refractivity contribution in [1.29, 1.82) is 0 Å². The molecule has 0 aliphatic heterocycles. The monoisotopic (exact) mass is 554 g/mol. The van der Waals surface area contributed by atoms with Gasteiger partial charge in [0.2, 0.25) is 0 Å². The van der Waals surface area contributed by atoms with Gasteiger partial charge < -0.3 is 14.2 Å². The highest BCUT2D eigenvalue weighted by Gasteiger charge is 2.11. The number of carbonyl (C=O) groups excluding carboxylic acids is 1. The molecule has 0 spiro atoms. The van der Waals surface area contributed by atoms with E-state index in [9.17, 15) is 4.79 Å². The first-order valence-electron chi connectivity index (χ1n) is 14.1. The van der Waals surface area contributed by atoms with Crippen molar-refractivity contribution in [2.75, 3.05) is 13.7 Å². The molecule has 8 heteroatoms. The van der Waals surface area contributed by atoms with Crippen LogP contribution in [0.4, 0.5) is 0 Å².